The number of aliphatic hydroxyl groups is 1. The summed E-state index contributed by atoms with van der Waals surface area (Å²) in [5.74, 6) is -1.86. The normalized spacial score (nSPS) is 12.9. The number of rotatable bonds is 6. The third-order valence-corrected chi connectivity index (χ3v) is 2.23. The summed E-state index contributed by atoms with van der Waals surface area (Å²) in [7, 11) is -3.68. The van der Waals surface area contributed by atoms with Crippen LogP contribution >= 0.6 is 0 Å². The van der Waals surface area contributed by atoms with Crippen LogP contribution in [0.2, 0.25) is 0 Å². The van der Waals surface area contributed by atoms with E-state index >= 15 is 0 Å². The summed E-state index contributed by atoms with van der Waals surface area (Å²) in [6, 6.07) is -2.33. The number of aliphatic hydroxyl groups excluding tert-OH is 1. The smallest absolute Gasteiger partial charge is 0.328 e. The van der Waals surface area contributed by atoms with Crippen molar-refractivity contribution >= 4 is 22.0 Å². The lowest BCUT2D eigenvalue weighted by Gasteiger charge is -2.12. The molecule has 94 valence electrons. The number of carbonyl (C=O) groups is 2. The number of carbonyl (C=O) groups excluding carboxylic acids is 1. The van der Waals surface area contributed by atoms with Gasteiger partial charge in [-0.25, -0.2) is 23.1 Å². The number of primary sulfonamides is 1. The molecule has 0 fully saturated rings. The van der Waals surface area contributed by atoms with Gasteiger partial charge in [-0.2, -0.15) is 0 Å². The zero-order chi connectivity index (χ0) is 12.8. The largest absolute Gasteiger partial charge is 0.480 e. The van der Waals surface area contributed by atoms with Crippen LogP contribution < -0.4 is 15.8 Å². The molecule has 0 aliphatic carbocycles. The van der Waals surface area contributed by atoms with Crippen molar-refractivity contribution in [2.45, 2.75) is 6.04 Å². The molecule has 0 saturated heterocycles. The molecule has 0 aliphatic rings. The quantitative estimate of drug-likeness (QED) is 0.340. The molecule has 16 heavy (non-hydrogen) atoms. The summed E-state index contributed by atoms with van der Waals surface area (Å²) in [6.07, 6.45) is 0. The van der Waals surface area contributed by atoms with Crippen molar-refractivity contribution in [2.24, 2.45) is 5.14 Å². The lowest BCUT2D eigenvalue weighted by atomic mass is 10.3. The van der Waals surface area contributed by atoms with Crippen LogP contribution in [0.3, 0.4) is 0 Å². The highest BCUT2D eigenvalue weighted by Crippen LogP contribution is 1.82. The predicted molar refractivity (Wildman–Crippen MR) is 53.0 cm³/mol. The van der Waals surface area contributed by atoms with E-state index in [1.807, 2.05) is 5.32 Å². The topological polar surface area (TPSA) is 159 Å². The fourth-order valence-corrected chi connectivity index (χ4v) is 1.09. The Balaban J connectivity index is 3.95. The maximum atomic E-state index is 11.0. The van der Waals surface area contributed by atoms with E-state index in [9.17, 15) is 18.0 Å². The van der Waals surface area contributed by atoms with Gasteiger partial charge in [-0.05, 0) is 0 Å². The van der Waals surface area contributed by atoms with E-state index in [1.165, 1.54) is 0 Å². The van der Waals surface area contributed by atoms with E-state index in [0.717, 1.165) is 0 Å². The summed E-state index contributed by atoms with van der Waals surface area (Å²) in [6.45, 7) is -1.01. The molecule has 2 amide bonds. The molecule has 0 aromatic heterocycles. The Bertz CT molecular complexity index is 353. The minimum Gasteiger partial charge on any atom is -0.480 e. The second kappa shape index (κ2) is 6.25. The number of amides is 2. The number of aliphatic carboxylic acids is 1. The van der Waals surface area contributed by atoms with Crippen molar-refractivity contribution in [1.82, 2.24) is 10.6 Å². The van der Waals surface area contributed by atoms with Gasteiger partial charge < -0.3 is 20.8 Å². The fraction of sp³-hybridized carbons (Fsp3) is 0.667. The molecular formula is C6H13N3O6S. The molecule has 0 aromatic rings. The standard InChI is InChI=1S/C6H13N3O6S/c7-16(14,15)2-1-8-6(13)9-4(3-10)5(11)12/h4,10H,1-3H2,(H,11,12)(H2,7,14,15)(H2,8,9,13)/t4-/m1/s1. The predicted octanol–water partition coefficient (Wildman–Crippen LogP) is -2.98. The summed E-state index contributed by atoms with van der Waals surface area (Å²) in [4.78, 5) is 21.4. The highest BCUT2D eigenvalue weighted by atomic mass is 32.2. The number of carboxylic acid groups (broad SMARTS) is 1. The maximum Gasteiger partial charge on any atom is 0.328 e. The first kappa shape index (κ1) is 14.6. The van der Waals surface area contributed by atoms with Crippen LogP contribution in [0.4, 0.5) is 4.79 Å². The molecule has 0 unspecified atom stereocenters. The second-order valence-electron chi connectivity index (χ2n) is 2.84. The average molecular weight is 255 g/mol. The van der Waals surface area contributed by atoms with E-state index in [-0.39, 0.29) is 6.54 Å². The Morgan fingerprint density at radius 2 is 1.94 bits per heavy atom. The summed E-state index contributed by atoms with van der Waals surface area (Å²) < 4.78 is 20.9. The fourth-order valence-electron chi connectivity index (χ4n) is 0.702. The minimum atomic E-state index is -3.68. The Hall–Kier alpha value is -1.39. The molecule has 0 saturated carbocycles. The Kier molecular flexibility index (Phi) is 5.71. The maximum absolute atomic E-state index is 11.0. The average Bonchev–Trinajstić information content (AvgIpc) is 2.11. The van der Waals surface area contributed by atoms with Crippen molar-refractivity contribution in [3.05, 3.63) is 0 Å². The lowest BCUT2D eigenvalue weighted by molar-refractivity contribution is -0.140. The molecule has 10 heteroatoms. The lowest BCUT2D eigenvalue weighted by Crippen LogP contribution is -2.48. The van der Waals surface area contributed by atoms with Crippen molar-refractivity contribution in [3.8, 4) is 0 Å². The molecule has 0 rings (SSSR count). The van der Waals surface area contributed by atoms with E-state index in [0.29, 0.717) is 0 Å². The van der Waals surface area contributed by atoms with Crippen molar-refractivity contribution in [3.63, 3.8) is 0 Å². The molecule has 0 heterocycles. The molecule has 0 spiro atoms. The van der Waals surface area contributed by atoms with Crippen LogP contribution in [-0.4, -0.2) is 55.6 Å². The molecule has 6 N–H and O–H groups in total. The number of urea groups is 1. The van der Waals surface area contributed by atoms with Gasteiger partial charge in [0.15, 0.2) is 6.04 Å². The molecule has 9 nitrogen and oxygen atoms in total. The minimum absolute atomic E-state index is 0.248. The van der Waals surface area contributed by atoms with Crippen LogP contribution in [0.1, 0.15) is 0 Å². The van der Waals surface area contributed by atoms with Crippen LogP contribution in [-0.2, 0) is 14.8 Å². The van der Waals surface area contributed by atoms with Gasteiger partial charge in [0.25, 0.3) is 0 Å². The first-order chi connectivity index (χ1) is 7.26. The molecule has 0 aromatic carbocycles. The first-order valence-corrected chi connectivity index (χ1v) is 5.86. The third-order valence-electron chi connectivity index (χ3n) is 1.46. The van der Waals surface area contributed by atoms with E-state index < -0.39 is 40.4 Å². The SMILES string of the molecule is NS(=O)(=O)CCNC(=O)N[C@H](CO)C(=O)O. The summed E-state index contributed by atoms with van der Waals surface area (Å²) in [5.41, 5.74) is 0. The molecule has 0 radical (unpaired) electrons. The van der Waals surface area contributed by atoms with Gasteiger partial charge in [-0.15, -0.1) is 0 Å². The third kappa shape index (κ3) is 6.98. The van der Waals surface area contributed by atoms with E-state index in [4.69, 9.17) is 10.2 Å². The van der Waals surface area contributed by atoms with Gasteiger partial charge in [0.05, 0.1) is 12.4 Å². The van der Waals surface area contributed by atoms with Crippen LogP contribution in [0.15, 0.2) is 0 Å². The first-order valence-electron chi connectivity index (χ1n) is 4.14. The molecule has 0 aliphatic heterocycles. The summed E-state index contributed by atoms with van der Waals surface area (Å²) in [5, 5.41) is 25.7. The number of sulfonamides is 1. The summed E-state index contributed by atoms with van der Waals surface area (Å²) >= 11 is 0. The second-order valence-corrected chi connectivity index (χ2v) is 4.57. The number of carboxylic acids is 1. The van der Waals surface area contributed by atoms with Crippen molar-refractivity contribution in [1.29, 1.82) is 0 Å². The van der Waals surface area contributed by atoms with Gasteiger partial charge in [-0.1, -0.05) is 0 Å². The van der Waals surface area contributed by atoms with E-state index in [1.54, 1.807) is 0 Å². The van der Waals surface area contributed by atoms with Crippen molar-refractivity contribution in [2.75, 3.05) is 18.9 Å². The van der Waals surface area contributed by atoms with Crippen molar-refractivity contribution < 1.29 is 28.2 Å². The number of nitrogens with two attached hydrogens (primary N) is 1. The van der Waals surface area contributed by atoms with E-state index in [2.05, 4.69) is 10.5 Å². The number of hydrogen-bond donors (Lipinski definition) is 5. The monoisotopic (exact) mass is 255 g/mol. The van der Waals surface area contributed by atoms with Gasteiger partial charge in [0.1, 0.15) is 0 Å². The van der Waals surface area contributed by atoms with Gasteiger partial charge in [-0.3, -0.25) is 0 Å². The Morgan fingerprint density at radius 3 is 2.31 bits per heavy atom. The zero-order valence-electron chi connectivity index (χ0n) is 8.21. The molecule has 0 bridgehead atoms. The molecule has 1 atom stereocenters. The van der Waals surface area contributed by atoms with Gasteiger partial charge >= 0.3 is 12.0 Å². The van der Waals surface area contributed by atoms with Crippen LogP contribution in [0.5, 0.6) is 0 Å². The Labute approximate surface area is 91.7 Å². The number of hydrogen-bond acceptors (Lipinski definition) is 5. The number of nitrogens with one attached hydrogen (secondary N) is 2. The van der Waals surface area contributed by atoms with Crippen LogP contribution in [0, 0.1) is 0 Å². The molecular weight excluding hydrogens is 242 g/mol. The highest BCUT2D eigenvalue weighted by Gasteiger charge is 2.18. The van der Waals surface area contributed by atoms with Gasteiger partial charge in [0, 0.05) is 6.54 Å². The Morgan fingerprint density at radius 1 is 1.38 bits per heavy atom. The van der Waals surface area contributed by atoms with Crippen LogP contribution in [0.25, 0.3) is 0 Å². The van der Waals surface area contributed by atoms with Gasteiger partial charge in [0.2, 0.25) is 10.0 Å². The zero-order valence-corrected chi connectivity index (χ0v) is 9.03. The highest BCUT2D eigenvalue weighted by molar-refractivity contribution is 7.89.